The minimum absolute atomic E-state index is 0.0261. The monoisotopic (exact) mass is 290 g/mol. The van der Waals surface area contributed by atoms with Gasteiger partial charge in [-0.25, -0.2) is 0 Å². The normalized spacial score (nSPS) is 10.8. The van der Waals surface area contributed by atoms with Gasteiger partial charge in [-0.3, -0.25) is 9.59 Å². The SMILES string of the molecule is CCCn1c(=O)c(C(=O)NCCO)c(O)c2ccccc21. The molecule has 6 nitrogen and oxygen atoms in total. The summed E-state index contributed by atoms with van der Waals surface area (Å²) in [5.41, 5.74) is -0.209. The van der Waals surface area contributed by atoms with Gasteiger partial charge in [-0.2, -0.15) is 0 Å². The van der Waals surface area contributed by atoms with Crippen molar-refractivity contribution in [3.8, 4) is 5.75 Å². The first-order chi connectivity index (χ1) is 10.1. The lowest BCUT2D eigenvalue weighted by Crippen LogP contribution is -2.34. The number of aliphatic hydroxyl groups is 1. The van der Waals surface area contributed by atoms with E-state index in [4.69, 9.17) is 5.11 Å². The molecule has 0 fully saturated rings. The van der Waals surface area contributed by atoms with Gasteiger partial charge in [-0.1, -0.05) is 19.1 Å². The van der Waals surface area contributed by atoms with E-state index in [-0.39, 0.29) is 24.5 Å². The number of rotatable bonds is 5. The predicted octanol–water partition coefficient (Wildman–Crippen LogP) is 0.839. The van der Waals surface area contributed by atoms with Crippen LogP contribution in [0.15, 0.2) is 29.1 Å². The van der Waals surface area contributed by atoms with Crippen LogP contribution in [0.5, 0.6) is 5.75 Å². The van der Waals surface area contributed by atoms with E-state index in [0.717, 1.165) is 6.42 Å². The Labute approximate surface area is 121 Å². The molecule has 0 radical (unpaired) electrons. The van der Waals surface area contributed by atoms with E-state index in [0.29, 0.717) is 17.4 Å². The molecule has 6 heteroatoms. The van der Waals surface area contributed by atoms with Gasteiger partial charge >= 0.3 is 0 Å². The molecule has 3 N–H and O–H groups in total. The van der Waals surface area contributed by atoms with Crippen LogP contribution in [0.2, 0.25) is 0 Å². The molecule has 0 bridgehead atoms. The minimum Gasteiger partial charge on any atom is -0.506 e. The number of nitrogens with one attached hydrogen (secondary N) is 1. The highest BCUT2D eigenvalue weighted by atomic mass is 16.3. The third kappa shape index (κ3) is 2.75. The number of carbonyl (C=O) groups is 1. The van der Waals surface area contributed by atoms with Gasteiger partial charge in [0.1, 0.15) is 11.3 Å². The number of fused-ring (bicyclic) bond motifs is 1. The summed E-state index contributed by atoms with van der Waals surface area (Å²) in [6, 6.07) is 6.91. The van der Waals surface area contributed by atoms with Gasteiger partial charge in [0.25, 0.3) is 11.5 Å². The molecule has 1 heterocycles. The van der Waals surface area contributed by atoms with Crippen LogP contribution in [0.1, 0.15) is 23.7 Å². The molecule has 1 amide bonds. The van der Waals surface area contributed by atoms with Crippen molar-refractivity contribution in [1.29, 1.82) is 0 Å². The second kappa shape index (κ2) is 6.41. The molecule has 0 saturated heterocycles. The van der Waals surface area contributed by atoms with E-state index in [1.54, 1.807) is 24.3 Å². The second-order valence-corrected chi connectivity index (χ2v) is 4.68. The van der Waals surface area contributed by atoms with Crippen LogP contribution in [-0.4, -0.2) is 33.8 Å². The second-order valence-electron chi connectivity index (χ2n) is 4.68. The number of aromatic hydroxyl groups is 1. The zero-order valence-corrected chi connectivity index (χ0v) is 11.8. The molecule has 1 aromatic carbocycles. The van der Waals surface area contributed by atoms with E-state index in [1.807, 2.05) is 6.92 Å². The van der Waals surface area contributed by atoms with Crippen LogP contribution in [0.4, 0.5) is 0 Å². The van der Waals surface area contributed by atoms with Gasteiger partial charge in [0.15, 0.2) is 0 Å². The molecular weight excluding hydrogens is 272 g/mol. The van der Waals surface area contributed by atoms with E-state index < -0.39 is 11.5 Å². The van der Waals surface area contributed by atoms with E-state index in [2.05, 4.69) is 5.32 Å². The van der Waals surface area contributed by atoms with E-state index in [9.17, 15) is 14.7 Å². The zero-order valence-electron chi connectivity index (χ0n) is 11.8. The summed E-state index contributed by atoms with van der Waals surface area (Å²) in [6.07, 6.45) is 0.729. The van der Waals surface area contributed by atoms with Gasteiger partial charge in [-0.05, 0) is 18.6 Å². The number of aliphatic hydroxyl groups excluding tert-OH is 1. The summed E-state index contributed by atoms with van der Waals surface area (Å²) < 4.78 is 1.49. The molecule has 0 unspecified atom stereocenters. The first-order valence-electron chi connectivity index (χ1n) is 6.85. The summed E-state index contributed by atoms with van der Waals surface area (Å²) >= 11 is 0. The molecule has 0 aliphatic carbocycles. The molecule has 2 rings (SSSR count). The highest BCUT2D eigenvalue weighted by molar-refractivity contribution is 6.02. The van der Waals surface area contributed by atoms with Gasteiger partial charge < -0.3 is 20.1 Å². The van der Waals surface area contributed by atoms with Crippen LogP contribution < -0.4 is 10.9 Å². The third-order valence-electron chi connectivity index (χ3n) is 3.22. The summed E-state index contributed by atoms with van der Waals surface area (Å²) in [7, 11) is 0. The Bertz CT molecular complexity index is 721. The number of para-hydroxylation sites is 1. The number of hydrogen-bond donors (Lipinski definition) is 3. The highest BCUT2D eigenvalue weighted by Crippen LogP contribution is 2.26. The molecule has 0 saturated carbocycles. The fraction of sp³-hybridized carbons (Fsp3) is 0.333. The minimum atomic E-state index is -0.679. The smallest absolute Gasteiger partial charge is 0.267 e. The number of pyridine rings is 1. The number of carbonyl (C=O) groups excluding carboxylic acids is 1. The van der Waals surface area contributed by atoms with Crippen molar-refractivity contribution in [2.45, 2.75) is 19.9 Å². The van der Waals surface area contributed by atoms with Gasteiger partial charge in [0.05, 0.1) is 12.1 Å². The molecule has 2 aromatic rings. The van der Waals surface area contributed by atoms with Gasteiger partial charge in [-0.15, -0.1) is 0 Å². The Morgan fingerprint density at radius 2 is 2.05 bits per heavy atom. The number of aryl methyl sites for hydroxylation is 1. The Hall–Kier alpha value is -2.34. The zero-order chi connectivity index (χ0) is 15.4. The fourth-order valence-electron chi connectivity index (χ4n) is 2.30. The lowest BCUT2D eigenvalue weighted by atomic mass is 10.1. The number of amides is 1. The lowest BCUT2D eigenvalue weighted by molar-refractivity contribution is 0.0940. The first kappa shape index (κ1) is 15.1. The number of aromatic nitrogens is 1. The van der Waals surface area contributed by atoms with Crippen LogP contribution in [0.25, 0.3) is 10.9 Å². The largest absolute Gasteiger partial charge is 0.506 e. The van der Waals surface area contributed by atoms with Gasteiger partial charge in [0, 0.05) is 18.5 Å². The standard InChI is InChI=1S/C15H18N2O4/c1-2-8-17-11-6-4-3-5-10(11)13(19)12(15(17)21)14(20)16-7-9-18/h3-6,18-19H,2,7-9H2,1H3,(H,16,20). The third-order valence-corrected chi connectivity index (χ3v) is 3.22. The first-order valence-corrected chi connectivity index (χ1v) is 6.85. The Balaban J connectivity index is 2.70. The quantitative estimate of drug-likeness (QED) is 0.761. The molecule has 1 aromatic heterocycles. The summed E-state index contributed by atoms with van der Waals surface area (Å²) in [6.45, 7) is 2.18. The highest BCUT2D eigenvalue weighted by Gasteiger charge is 2.21. The van der Waals surface area contributed by atoms with Crippen molar-refractivity contribution in [3.63, 3.8) is 0 Å². The topological polar surface area (TPSA) is 91.6 Å². The Kier molecular flexibility index (Phi) is 4.59. The molecule has 0 spiro atoms. The summed E-state index contributed by atoms with van der Waals surface area (Å²) in [5.74, 6) is -0.999. The number of nitrogens with zero attached hydrogens (tertiary/aromatic N) is 1. The molecule has 0 aliphatic rings. The average molecular weight is 290 g/mol. The van der Waals surface area contributed by atoms with E-state index in [1.165, 1.54) is 4.57 Å². The van der Waals surface area contributed by atoms with Crippen molar-refractivity contribution in [2.75, 3.05) is 13.2 Å². The van der Waals surface area contributed by atoms with Crippen LogP contribution in [0.3, 0.4) is 0 Å². The Morgan fingerprint density at radius 1 is 1.33 bits per heavy atom. The van der Waals surface area contributed by atoms with E-state index >= 15 is 0 Å². The van der Waals surface area contributed by atoms with Crippen molar-refractivity contribution in [3.05, 3.63) is 40.2 Å². The lowest BCUT2D eigenvalue weighted by Gasteiger charge is -2.14. The molecule has 21 heavy (non-hydrogen) atoms. The van der Waals surface area contributed by atoms with Crippen molar-refractivity contribution >= 4 is 16.8 Å². The van der Waals surface area contributed by atoms with Crippen LogP contribution >= 0.6 is 0 Å². The Morgan fingerprint density at radius 3 is 2.71 bits per heavy atom. The predicted molar refractivity (Wildman–Crippen MR) is 79.6 cm³/mol. The van der Waals surface area contributed by atoms with Crippen molar-refractivity contribution in [2.24, 2.45) is 0 Å². The number of hydrogen-bond acceptors (Lipinski definition) is 4. The fourth-order valence-corrected chi connectivity index (χ4v) is 2.30. The molecular formula is C15H18N2O4. The van der Waals surface area contributed by atoms with Crippen LogP contribution in [-0.2, 0) is 6.54 Å². The van der Waals surface area contributed by atoms with Crippen LogP contribution in [0, 0.1) is 0 Å². The summed E-state index contributed by atoms with van der Waals surface area (Å²) in [5, 5.41) is 21.9. The number of benzene rings is 1. The van der Waals surface area contributed by atoms with Crippen molar-refractivity contribution < 1.29 is 15.0 Å². The molecule has 0 atom stereocenters. The summed E-state index contributed by atoms with van der Waals surface area (Å²) in [4.78, 5) is 24.5. The van der Waals surface area contributed by atoms with Gasteiger partial charge in [0.2, 0.25) is 0 Å². The molecule has 0 aliphatic heterocycles. The molecule has 112 valence electrons. The maximum atomic E-state index is 12.5. The maximum Gasteiger partial charge on any atom is 0.267 e. The van der Waals surface area contributed by atoms with Crippen molar-refractivity contribution in [1.82, 2.24) is 9.88 Å². The maximum absolute atomic E-state index is 12.5. The average Bonchev–Trinajstić information content (AvgIpc) is 2.49.